The second-order valence-corrected chi connectivity index (χ2v) is 6.24. The van der Waals surface area contributed by atoms with Crippen LogP contribution in [0.2, 0.25) is 0 Å². The summed E-state index contributed by atoms with van der Waals surface area (Å²) >= 11 is 0. The molecule has 0 unspecified atom stereocenters. The Morgan fingerprint density at radius 3 is 3.05 bits per heavy atom. The Kier molecular flexibility index (Phi) is 4.98. The van der Waals surface area contributed by atoms with Gasteiger partial charge in [0.15, 0.2) is 6.10 Å². The van der Waals surface area contributed by atoms with Gasteiger partial charge < -0.3 is 14.8 Å². The lowest BCUT2D eigenvalue weighted by atomic mass is 9.91. The maximum Gasteiger partial charge on any atom is 0.260 e. The van der Waals surface area contributed by atoms with E-state index in [0.717, 1.165) is 38.0 Å². The fraction of sp³-hybridized carbons (Fsp3) is 0.611. The Bertz CT molecular complexity index is 523. The number of ether oxygens (including phenoxy) is 2. The smallest absolute Gasteiger partial charge is 0.260 e. The van der Waals surface area contributed by atoms with E-state index < -0.39 is 6.10 Å². The van der Waals surface area contributed by atoms with Crippen molar-refractivity contribution < 1.29 is 14.3 Å². The number of carbonyl (C=O) groups excluding carboxylic acids is 1. The first-order valence-corrected chi connectivity index (χ1v) is 8.41. The van der Waals surface area contributed by atoms with Gasteiger partial charge in [0.2, 0.25) is 0 Å². The number of hydrogen-bond donors (Lipinski definition) is 1. The van der Waals surface area contributed by atoms with Gasteiger partial charge in [-0.1, -0.05) is 12.1 Å². The molecule has 1 aromatic carbocycles. The Labute approximate surface area is 132 Å². The lowest BCUT2D eigenvalue weighted by Crippen LogP contribution is -2.40. The maximum absolute atomic E-state index is 12.2. The fourth-order valence-electron chi connectivity index (χ4n) is 3.26. The molecule has 1 saturated heterocycles. The third kappa shape index (κ3) is 3.61. The number of aryl methyl sites for hydroxylation is 1. The molecule has 0 radical (unpaired) electrons. The van der Waals surface area contributed by atoms with Crippen LogP contribution in [0.3, 0.4) is 0 Å². The molecule has 1 aromatic rings. The lowest BCUT2D eigenvalue weighted by Gasteiger charge is -2.22. The molecule has 120 valence electrons. The van der Waals surface area contributed by atoms with E-state index in [-0.39, 0.29) is 12.0 Å². The van der Waals surface area contributed by atoms with Crippen molar-refractivity contribution >= 4 is 5.91 Å². The zero-order valence-electron chi connectivity index (χ0n) is 13.3. The maximum atomic E-state index is 12.2. The van der Waals surface area contributed by atoms with Crippen LogP contribution in [-0.4, -0.2) is 31.3 Å². The van der Waals surface area contributed by atoms with Gasteiger partial charge in [-0.3, -0.25) is 4.79 Å². The molecule has 0 aromatic heterocycles. The number of fused-ring (bicyclic) bond motifs is 1. The third-order valence-electron chi connectivity index (χ3n) is 4.55. The Hall–Kier alpha value is -1.55. The Morgan fingerprint density at radius 1 is 1.36 bits per heavy atom. The minimum Gasteiger partial charge on any atom is -0.481 e. The van der Waals surface area contributed by atoms with E-state index in [1.54, 1.807) is 0 Å². The summed E-state index contributed by atoms with van der Waals surface area (Å²) in [5.74, 6) is 0.806. The molecule has 1 N–H and O–H groups in total. The molecular weight excluding hydrogens is 278 g/mol. The van der Waals surface area contributed by atoms with E-state index >= 15 is 0 Å². The molecular formula is C18H25NO3. The third-order valence-corrected chi connectivity index (χ3v) is 4.55. The first-order chi connectivity index (χ1) is 10.7. The molecule has 0 bridgehead atoms. The molecule has 0 spiro atoms. The molecule has 1 aliphatic carbocycles. The van der Waals surface area contributed by atoms with Gasteiger partial charge in [0.05, 0.1) is 6.10 Å². The van der Waals surface area contributed by atoms with Crippen LogP contribution >= 0.6 is 0 Å². The lowest BCUT2D eigenvalue weighted by molar-refractivity contribution is -0.127. The fourth-order valence-corrected chi connectivity index (χ4v) is 3.26. The number of rotatable bonds is 5. The summed E-state index contributed by atoms with van der Waals surface area (Å²) < 4.78 is 11.5. The van der Waals surface area contributed by atoms with Crippen molar-refractivity contribution in [2.75, 3.05) is 13.2 Å². The van der Waals surface area contributed by atoms with Crippen molar-refractivity contribution in [3.05, 3.63) is 29.3 Å². The summed E-state index contributed by atoms with van der Waals surface area (Å²) in [7, 11) is 0. The summed E-state index contributed by atoms with van der Waals surface area (Å²) in [5.41, 5.74) is 2.66. The van der Waals surface area contributed by atoms with Crippen LogP contribution in [0.15, 0.2) is 18.2 Å². The van der Waals surface area contributed by atoms with Crippen molar-refractivity contribution in [2.24, 2.45) is 0 Å². The SMILES string of the molecule is C[C@@H](Oc1cccc2c1CCCC2)C(=O)NC[C@H]1CCCO1. The van der Waals surface area contributed by atoms with E-state index in [0.29, 0.717) is 6.54 Å². The zero-order valence-corrected chi connectivity index (χ0v) is 13.3. The highest BCUT2D eigenvalue weighted by molar-refractivity contribution is 5.80. The molecule has 1 amide bonds. The topological polar surface area (TPSA) is 47.6 Å². The summed E-state index contributed by atoms with van der Waals surface area (Å²) in [6, 6.07) is 6.17. The molecule has 1 heterocycles. The van der Waals surface area contributed by atoms with Crippen LogP contribution in [-0.2, 0) is 22.4 Å². The largest absolute Gasteiger partial charge is 0.481 e. The molecule has 2 aliphatic rings. The van der Waals surface area contributed by atoms with Gasteiger partial charge in [-0.05, 0) is 62.6 Å². The minimum atomic E-state index is -0.477. The molecule has 1 fully saturated rings. The van der Waals surface area contributed by atoms with Gasteiger partial charge >= 0.3 is 0 Å². The number of hydrogen-bond acceptors (Lipinski definition) is 3. The second kappa shape index (κ2) is 7.14. The second-order valence-electron chi connectivity index (χ2n) is 6.24. The molecule has 0 saturated carbocycles. The van der Waals surface area contributed by atoms with Gasteiger partial charge in [0.25, 0.3) is 5.91 Å². The molecule has 4 heteroatoms. The average Bonchev–Trinajstić information content (AvgIpc) is 3.06. The van der Waals surface area contributed by atoms with Crippen molar-refractivity contribution in [1.82, 2.24) is 5.32 Å². The average molecular weight is 303 g/mol. The normalized spacial score (nSPS) is 22.0. The Balaban J connectivity index is 1.56. The molecule has 3 rings (SSSR count). The van der Waals surface area contributed by atoms with Gasteiger partial charge in [0, 0.05) is 13.2 Å². The first-order valence-electron chi connectivity index (χ1n) is 8.41. The zero-order chi connectivity index (χ0) is 15.4. The van der Waals surface area contributed by atoms with Crippen molar-refractivity contribution in [1.29, 1.82) is 0 Å². The summed E-state index contributed by atoms with van der Waals surface area (Å²) in [5, 5.41) is 2.94. The number of amides is 1. The predicted molar refractivity (Wildman–Crippen MR) is 85.2 cm³/mol. The standard InChI is InChI=1S/C18H25NO3/c1-13(18(20)19-12-15-8-5-11-21-15)22-17-10-4-7-14-6-2-3-9-16(14)17/h4,7,10,13,15H,2-3,5-6,8-9,11-12H2,1H3,(H,19,20)/t13-,15-/m1/s1. The molecule has 2 atom stereocenters. The highest BCUT2D eigenvalue weighted by Crippen LogP contribution is 2.30. The highest BCUT2D eigenvalue weighted by atomic mass is 16.5. The summed E-state index contributed by atoms with van der Waals surface area (Å²) in [6.45, 7) is 3.20. The Morgan fingerprint density at radius 2 is 2.23 bits per heavy atom. The van der Waals surface area contributed by atoms with Crippen molar-refractivity contribution in [3.63, 3.8) is 0 Å². The molecule has 22 heavy (non-hydrogen) atoms. The number of carbonyl (C=O) groups is 1. The predicted octanol–water partition coefficient (Wildman–Crippen LogP) is 2.63. The van der Waals surface area contributed by atoms with E-state index in [4.69, 9.17) is 9.47 Å². The highest BCUT2D eigenvalue weighted by Gasteiger charge is 2.21. The van der Waals surface area contributed by atoms with E-state index in [2.05, 4.69) is 11.4 Å². The molecule has 1 aliphatic heterocycles. The number of nitrogens with one attached hydrogen (secondary N) is 1. The van der Waals surface area contributed by atoms with Crippen LogP contribution in [0.25, 0.3) is 0 Å². The number of benzene rings is 1. The van der Waals surface area contributed by atoms with Crippen LogP contribution in [0.1, 0.15) is 43.7 Å². The van der Waals surface area contributed by atoms with Crippen LogP contribution < -0.4 is 10.1 Å². The van der Waals surface area contributed by atoms with Crippen molar-refractivity contribution in [2.45, 2.75) is 57.7 Å². The van der Waals surface area contributed by atoms with E-state index in [1.807, 2.05) is 19.1 Å². The van der Waals surface area contributed by atoms with E-state index in [1.165, 1.54) is 24.0 Å². The van der Waals surface area contributed by atoms with Gasteiger partial charge in [-0.2, -0.15) is 0 Å². The monoisotopic (exact) mass is 303 g/mol. The quantitative estimate of drug-likeness (QED) is 0.909. The van der Waals surface area contributed by atoms with Gasteiger partial charge in [-0.25, -0.2) is 0 Å². The van der Waals surface area contributed by atoms with Crippen LogP contribution in [0.4, 0.5) is 0 Å². The van der Waals surface area contributed by atoms with Crippen molar-refractivity contribution in [3.8, 4) is 5.75 Å². The van der Waals surface area contributed by atoms with Gasteiger partial charge in [0.1, 0.15) is 5.75 Å². The first kappa shape index (κ1) is 15.3. The summed E-state index contributed by atoms with van der Waals surface area (Å²) in [4.78, 5) is 12.2. The van der Waals surface area contributed by atoms with E-state index in [9.17, 15) is 4.79 Å². The van der Waals surface area contributed by atoms with Crippen LogP contribution in [0.5, 0.6) is 5.75 Å². The summed E-state index contributed by atoms with van der Waals surface area (Å²) in [6.07, 6.45) is 6.42. The van der Waals surface area contributed by atoms with Gasteiger partial charge in [-0.15, -0.1) is 0 Å². The minimum absolute atomic E-state index is 0.0658. The molecule has 4 nitrogen and oxygen atoms in total. The van der Waals surface area contributed by atoms with Crippen LogP contribution in [0, 0.1) is 0 Å².